The fourth-order valence-electron chi connectivity index (χ4n) is 2.79. The molecule has 146 valence electrons. The zero-order valence-corrected chi connectivity index (χ0v) is 18.4. The van der Waals surface area contributed by atoms with Crippen LogP contribution >= 0.6 is 24.0 Å². The van der Waals surface area contributed by atoms with Gasteiger partial charge in [0.25, 0.3) is 0 Å². The molecule has 0 saturated heterocycles. The molecule has 0 aliphatic rings. The Balaban J connectivity index is 0.00000338. The number of likely N-dealkylation sites (N-methyl/N-ethyl adjacent to an activating group) is 1. The number of fused-ring (bicyclic) bond motifs is 1. The first-order valence-corrected chi connectivity index (χ1v) is 8.91. The number of aliphatic imine (C=N–C) groups is 1. The van der Waals surface area contributed by atoms with Gasteiger partial charge in [0.2, 0.25) is 0 Å². The van der Waals surface area contributed by atoms with E-state index in [9.17, 15) is 0 Å². The van der Waals surface area contributed by atoms with Crippen LogP contribution in [0.15, 0.2) is 35.5 Å². The summed E-state index contributed by atoms with van der Waals surface area (Å²) in [6.45, 7) is 4.55. The largest absolute Gasteiger partial charge is 0.383 e. The van der Waals surface area contributed by atoms with Gasteiger partial charge in [-0.15, -0.1) is 24.0 Å². The Morgan fingerprint density at radius 2 is 1.96 bits per heavy atom. The predicted molar refractivity (Wildman–Crippen MR) is 121 cm³/mol. The Labute approximate surface area is 173 Å². The topological polar surface area (TPSA) is 64.7 Å². The Bertz CT molecular complexity index is 658. The van der Waals surface area contributed by atoms with Gasteiger partial charge < -0.3 is 25.3 Å². The predicted octanol–water partition coefficient (Wildman–Crippen LogP) is 2.46. The van der Waals surface area contributed by atoms with Crippen LogP contribution in [0.1, 0.15) is 12.0 Å². The van der Waals surface area contributed by atoms with E-state index < -0.39 is 0 Å². The van der Waals surface area contributed by atoms with Crippen molar-refractivity contribution < 1.29 is 4.74 Å². The summed E-state index contributed by atoms with van der Waals surface area (Å²) in [7, 11) is 5.67. The highest BCUT2D eigenvalue weighted by molar-refractivity contribution is 14.0. The second-order valence-corrected chi connectivity index (χ2v) is 6.18. The van der Waals surface area contributed by atoms with Crippen molar-refractivity contribution in [2.24, 2.45) is 4.99 Å². The zero-order chi connectivity index (χ0) is 17.9. The van der Waals surface area contributed by atoms with Crippen molar-refractivity contribution in [3.05, 3.63) is 36.0 Å². The molecule has 0 spiro atoms. The molecule has 0 aliphatic carbocycles. The summed E-state index contributed by atoms with van der Waals surface area (Å²) < 4.78 is 5.09. The smallest absolute Gasteiger partial charge is 0.190 e. The molecule has 2 rings (SSSR count). The van der Waals surface area contributed by atoms with Gasteiger partial charge in [0.15, 0.2) is 5.96 Å². The van der Waals surface area contributed by atoms with Crippen molar-refractivity contribution in [3.8, 4) is 0 Å². The molecule has 7 heteroatoms. The van der Waals surface area contributed by atoms with Gasteiger partial charge in [-0.05, 0) is 38.1 Å². The SMILES string of the molecule is CN=C(NCCCN(C)CCOC)NCCc1c[nH]c2ccccc12.I. The van der Waals surface area contributed by atoms with Crippen molar-refractivity contribution in [1.82, 2.24) is 20.5 Å². The summed E-state index contributed by atoms with van der Waals surface area (Å²) in [4.78, 5) is 9.88. The van der Waals surface area contributed by atoms with Crippen molar-refractivity contribution in [3.63, 3.8) is 0 Å². The maximum atomic E-state index is 5.09. The van der Waals surface area contributed by atoms with E-state index in [0.29, 0.717) is 0 Å². The lowest BCUT2D eigenvalue weighted by Crippen LogP contribution is -2.39. The molecule has 2 aromatic rings. The van der Waals surface area contributed by atoms with E-state index in [-0.39, 0.29) is 24.0 Å². The van der Waals surface area contributed by atoms with Crippen LogP contribution in [-0.4, -0.2) is 69.8 Å². The van der Waals surface area contributed by atoms with Gasteiger partial charge in [-0.1, -0.05) is 18.2 Å². The van der Waals surface area contributed by atoms with Crippen LogP contribution in [0.2, 0.25) is 0 Å². The van der Waals surface area contributed by atoms with E-state index in [1.165, 1.54) is 16.5 Å². The molecule has 6 nitrogen and oxygen atoms in total. The average Bonchev–Trinajstić information content (AvgIpc) is 3.05. The Hall–Kier alpha value is -1.32. The molecule has 0 fully saturated rings. The van der Waals surface area contributed by atoms with Crippen LogP contribution < -0.4 is 10.6 Å². The zero-order valence-electron chi connectivity index (χ0n) is 16.0. The third kappa shape index (κ3) is 7.51. The molecule has 0 radical (unpaired) electrons. The summed E-state index contributed by atoms with van der Waals surface area (Å²) in [5.41, 5.74) is 2.52. The van der Waals surface area contributed by atoms with E-state index in [2.05, 4.69) is 63.0 Å². The molecule has 0 unspecified atom stereocenters. The Kier molecular flexibility index (Phi) is 11.3. The first-order chi connectivity index (χ1) is 12.2. The molecule has 1 aromatic carbocycles. The molecule has 0 saturated carbocycles. The standard InChI is InChI=1S/C19H31N5O.HI/c1-20-19(21-10-6-12-24(2)13-14-25-3)22-11-9-16-15-23-18-8-5-4-7-17(16)18;/h4-5,7-8,15,23H,6,9-14H2,1-3H3,(H2,20,21,22);1H. The number of aromatic nitrogens is 1. The minimum atomic E-state index is 0. The summed E-state index contributed by atoms with van der Waals surface area (Å²) in [5, 5.41) is 8.06. The maximum Gasteiger partial charge on any atom is 0.190 e. The number of benzene rings is 1. The quantitative estimate of drug-likeness (QED) is 0.215. The van der Waals surface area contributed by atoms with Crippen LogP contribution in [0.25, 0.3) is 10.9 Å². The highest BCUT2D eigenvalue weighted by Crippen LogP contribution is 2.17. The Morgan fingerprint density at radius 1 is 1.19 bits per heavy atom. The highest BCUT2D eigenvalue weighted by atomic mass is 127. The summed E-state index contributed by atoms with van der Waals surface area (Å²) in [5.74, 6) is 0.861. The fraction of sp³-hybridized carbons (Fsp3) is 0.526. The maximum absolute atomic E-state index is 5.09. The molecule has 3 N–H and O–H groups in total. The second-order valence-electron chi connectivity index (χ2n) is 6.18. The van der Waals surface area contributed by atoms with Gasteiger partial charge in [-0.3, -0.25) is 4.99 Å². The first-order valence-electron chi connectivity index (χ1n) is 8.91. The molecule has 0 bridgehead atoms. The van der Waals surface area contributed by atoms with Crippen molar-refractivity contribution in [2.75, 3.05) is 54.0 Å². The van der Waals surface area contributed by atoms with Crippen LogP contribution in [0.5, 0.6) is 0 Å². The lowest BCUT2D eigenvalue weighted by molar-refractivity contribution is 0.161. The Morgan fingerprint density at radius 3 is 2.73 bits per heavy atom. The molecule has 0 aliphatic heterocycles. The average molecular weight is 473 g/mol. The summed E-state index contributed by atoms with van der Waals surface area (Å²) in [6, 6.07) is 8.40. The molecule has 1 heterocycles. The monoisotopic (exact) mass is 473 g/mol. The van der Waals surface area contributed by atoms with Crippen LogP contribution in [0.4, 0.5) is 0 Å². The molecule has 26 heavy (non-hydrogen) atoms. The number of hydrogen-bond acceptors (Lipinski definition) is 3. The van der Waals surface area contributed by atoms with Crippen molar-refractivity contribution >= 4 is 40.8 Å². The number of aromatic amines is 1. The van der Waals surface area contributed by atoms with E-state index in [4.69, 9.17) is 4.74 Å². The van der Waals surface area contributed by atoms with Crippen molar-refractivity contribution in [2.45, 2.75) is 12.8 Å². The minimum absolute atomic E-state index is 0. The number of halogens is 1. The fourth-order valence-corrected chi connectivity index (χ4v) is 2.79. The van der Waals surface area contributed by atoms with Crippen LogP contribution in [0, 0.1) is 0 Å². The van der Waals surface area contributed by atoms with E-state index in [1.807, 2.05) is 7.05 Å². The lowest BCUT2D eigenvalue weighted by Gasteiger charge is -2.17. The van der Waals surface area contributed by atoms with Crippen LogP contribution in [0.3, 0.4) is 0 Å². The number of ether oxygens (including phenoxy) is 1. The van der Waals surface area contributed by atoms with Gasteiger partial charge in [0.05, 0.1) is 6.61 Å². The van der Waals surface area contributed by atoms with Gasteiger partial charge in [-0.2, -0.15) is 0 Å². The number of para-hydroxylation sites is 1. The number of nitrogens with zero attached hydrogens (tertiary/aromatic N) is 2. The van der Waals surface area contributed by atoms with Gasteiger partial charge in [0, 0.05) is 50.9 Å². The lowest BCUT2D eigenvalue weighted by atomic mass is 10.1. The molecule has 0 amide bonds. The normalized spacial score (nSPS) is 11.6. The number of hydrogen-bond donors (Lipinski definition) is 3. The third-order valence-electron chi connectivity index (χ3n) is 4.27. The second kappa shape index (κ2) is 12.9. The number of guanidine groups is 1. The van der Waals surface area contributed by atoms with Gasteiger partial charge >= 0.3 is 0 Å². The molecular formula is C19H32IN5O. The number of rotatable bonds is 10. The van der Waals surface area contributed by atoms with Gasteiger partial charge in [-0.25, -0.2) is 0 Å². The van der Waals surface area contributed by atoms with E-state index >= 15 is 0 Å². The minimum Gasteiger partial charge on any atom is -0.383 e. The van der Waals surface area contributed by atoms with Crippen molar-refractivity contribution in [1.29, 1.82) is 0 Å². The first kappa shape index (κ1) is 22.7. The molecule has 1 aromatic heterocycles. The summed E-state index contributed by atoms with van der Waals surface area (Å²) >= 11 is 0. The molecule has 0 atom stereocenters. The molecular weight excluding hydrogens is 441 g/mol. The van der Waals surface area contributed by atoms with E-state index in [0.717, 1.165) is 51.6 Å². The third-order valence-corrected chi connectivity index (χ3v) is 4.27. The van der Waals surface area contributed by atoms with Crippen LogP contribution in [-0.2, 0) is 11.2 Å². The van der Waals surface area contributed by atoms with E-state index in [1.54, 1.807) is 7.11 Å². The summed E-state index contributed by atoms with van der Waals surface area (Å²) in [6.07, 6.45) is 4.13. The highest BCUT2D eigenvalue weighted by Gasteiger charge is 2.04. The van der Waals surface area contributed by atoms with Gasteiger partial charge in [0.1, 0.15) is 0 Å². The number of methoxy groups -OCH3 is 1. The number of nitrogens with one attached hydrogen (secondary N) is 3. The number of H-pyrrole nitrogens is 1.